The Bertz CT molecular complexity index is 215. The molecule has 0 amide bonds. The van der Waals surface area contributed by atoms with Crippen molar-refractivity contribution in [3.05, 3.63) is 35.4 Å². The van der Waals surface area contributed by atoms with E-state index in [-0.39, 0.29) is 0 Å². The number of carbonyl (C=O) groups is 1. The van der Waals surface area contributed by atoms with E-state index >= 15 is 0 Å². The first kappa shape index (κ1) is 7.07. The Labute approximate surface area is 61.5 Å². The molecule has 0 aliphatic carbocycles. The van der Waals surface area contributed by atoms with E-state index in [9.17, 15) is 4.79 Å². The van der Waals surface area contributed by atoms with Crippen LogP contribution in [0.3, 0.4) is 0 Å². The highest BCUT2D eigenvalue weighted by Gasteiger charge is 1.88. The number of hydrogen-bond acceptors (Lipinski definition) is 1. The minimum atomic E-state index is 0.527. The Hall–Kier alpha value is -1.05. The van der Waals surface area contributed by atoms with E-state index in [0.29, 0.717) is 11.9 Å². The molecule has 0 aromatic heterocycles. The minimum absolute atomic E-state index is 0.527. The molecule has 48 valence electrons. The van der Waals surface area contributed by atoms with Crippen LogP contribution in [0.15, 0.2) is 24.3 Å². The summed E-state index contributed by atoms with van der Waals surface area (Å²) in [5, 5.41) is 0. The van der Waals surface area contributed by atoms with Crippen LogP contribution in [0.25, 0.3) is 0 Å². The average Bonchev–Trinajstić information content (AvgIpc) is 2.05. The van der Waals surface area contributed by atoms with Gasteiger partial charge in [-0.1, -0.05) is 36.1 Å². The van der Waals surface area contributed by atoms with E-state index in [2.05, 4.69) is 0 Å². The van der Waals surface area contributed by atoms with Crippen molar-refractivity contribution in [3.8, 4) is 0 Å². The van der Waals surface area contributed by atoms with E-state index in [4.69, 9.17) is 7.85 Å². The number of rotatable bonds is 2. The van der Waals surface area contributed by atoms with Crippen LogP contribution in [0, 0.1) is 0 Å². The standard InChI is InChI=1S/C8H7BO/c9-5-7-1-3-8(6-10)4-2-7/h1-4,6H,5H2. The SMILES string of the molecule is [B]Cc1ccc(C=O)cc1. The topological polar surface area (TPSA) is 17.1 Å². The number of aldehydes is 1. The second kappa shape index (κ2) is 3.21. The van der Waals surface area contributed by atoms with E-state index < -0.39 is 0 Å². The van der Waals surface area contributed by atoms with Gasteiger partial charge in [-0.05, 0) is 0 Å². The number of carbonyl (C=O) groups excluding carboxylic acids is 1. The van der Waals surface area contributed by atoms with Gasteiger partial charge in [0.15, 0.2) is 0 Å². The molecule has 1 aromatic carbocycles. The molecule has 0 saturated carbocycles. The Morgan fingerprint density at radius 2 is 1.90 bits per heavy atom. The summed E-state index contributed by atoms with van der Waals surface area (Å²) >= 11 is 0. The Morgan fingerprint density at radius 1 is 1.30 bits per heavy atom. The molecule has 1 rings (SSSR count). The third kappa shape index (κ3) is 1.47. The summed E-state index contributed by atoms with van der Waals surface area (Å²) in [6.45, 7) is 0. The summed E-state index contributed by atoms with van der Waals surface area (Å²) in [6, 6.07) is 7.22. The summed E-state index contributed by atoms with van der Waals surface area (Å²) in [5.74, 6) is 0. The quantitative estimate of drug-likeness (QED) is 0.433. The minimum Gasteiger partial charge on any atom is -0.298 e. The van der Waals surface area contributed by atoms with Crippen LogP contribution in [0.2, 0.25) is 0 Å². The van der Waals surface area contributed by atoms with Crippen LogP contribution in [0.5, 0.6) is 0 Å². The number of benzene rings is 1. The second-order valence-corrected chi connectivity index (χ2v) is 2.06. The van der Waals surface area contributed by atoms with Gasteiger partial charge >= 0.3 is 0 Å². The van der Waals surface area contributed by atoms with Crippen molar-refractivity contribution in [2.24, 2.45) is 0 Å². The molecule has 0 N–H and O–H groups in total. The highest BCUT2D eigenvalue weighted by molar-refractivity contribution is 6.08. The summed E-state index contributed by atoms with van der Waals surface area (Å²) < 4.78 is 0. The highest BCUT2D eigenvalue weighted by atomic mass is 16.1. The van der Waals surface area contributed by atoms with Gasteiger partial charge in [0.2, 0.25) is 0 Å². The van der Waals surface area contributed by atoms with Crippen LogP contribution in [0.1, 0.15) is 15.9 Å². The third-order valence-corrected chi connectivity index (χ3v) is 1.35. The molecule has 0 fully saturated rings. The third-order valence-electron chi connectivity index (χ3n) is 1.35. The fourth-order valence-corrected chi connectivity index (χ4v) is 0.732. The van der Waals surface area contributed by atoms with Crippen LogP contribution in [0.4, 0.5) is 0 Å². The molecule has 0 heterocycles. The zero-order valence-electron chi connectivity index (χ0n) is 5.58. The monoisotopic (exact) mass is 130 g/mol. The van der Waals surface area contributed by atoms with Crippen molar-refractivity contribution < 1.29 is 4.79 Å². The van der Waals surface area contributed by atoms with Gasteiger partial charge in [0, 0.05) is 5.56 Å². The van der Waals surface area contributed by atoms with E-state index in [1.165, 1.54) is 0 Å². The van der Waals surface area contributed by atoms with Crippen LogP contribution in [-0.4, -0.2) is 14.1 Å². The lowest BCUT2D eigenvalue weighted by Gasteiger charge is -1.94. The zero-order chi connectivity index (χ0) is 7.40. The van der Waals surface area contributed by atoms with Gasteiger partial charge in [0.05, 0.1) is 7.85 Å². The Morgan fingerprint density at radius 3 is 2.30 bits per heavy atom. The molecule has 1 nitrogen and oxygen atoms in total. The van der Waals surface area contributed by atoms with Gasteiger partial charge in [-0.3, -0.25) is 4.79 Å². The van der Waals surface area contributed by atoms with Gasteiger partial charge in [-0.25, -0.2) is 0 Å². The highest BCUT2D eigenvalue weighted by Crippen LogP contribution is 2.00. The molecule has 0 aliphatic heterocycles. The van der Waals surface area contributed by atoms with Crippen molar-refractivity contribution in [1.82, 2.24) is 0 Å². The molecule has 2 heteroatoms. The lowest BCUT2D eigenvalue weighted by molar-refractivity contribution is 0.112. The predicted octanol–water partition coefficient (Wildman–Crippen LogP) is 1.17. The fraction of sp³-hybridized carbons (Fsp3) is 0.125. The fourth-order valence-electron chi connectivity index (χ4n) is 0.732. The zero-order valence-corrected chi connectivity index (χ0v) is 5.58. The molecule has 10 heavy (non-hydrogen) atoms. The summed E-state index contributed by atoms with van der Waals surface area (Å²) in [7, 11) is 5.35. The van der Waals surface area contributed by atoms with E-state index in [0.717, 1.165) is 11.8 Å². The molecule has 1 aromatic rings. The van der Waals surface area contributed by atoms with Crippen LogP contribution < -0.4 is 0 Å². The normalized spacial score (nSPS) is 9.20. The van der Waals surface area contributed by atoms with Crippen LogP contribution >= 0.6 is 0 Å². The second-order valence-electron chi connectivity index (χ2n) is 2.06. The summed E-state index contributed by atoms with van der Waals surface area (Å²) in [5.41, 5.74) is 1.74. The van der Waals surface area contributed by atoms with Crippen molar-refractivity contribution in [2.45, 2.75) is 6.32 Å². The summed E-state index contributed by atoms with van der Waals surface area (Å²) in [4.78, 5) is 10.2. The lowest BCUT2D eigenvalue weighted by atomic mass is 9.96. The largest absolute Gasteiger partial charge is 0.298 e. The molecule has 0 unspecified atom stereocenters. The summed E-state index contributed by atoms with van der Waals surface area (Å²) in [6.07, 6.45) is 1.35. The van der Waals surface area contributed by atoms with Gasteiger partial charge in [0.1, 0.15) is 6.29 Å². The molecule has 0 saturated heterocycles. The Kier molecular flexibility index (Phi) is 2.27. The molecule has 0 bridgehead atoms. The number of hydrogen-bond donors (Lipinski definition) is 0. The first-order valence-corrected chi connectivity index (χ1v) is 3.11. The maximum absolute atomic E-state index is 10.2. The Balaban J connectivity index is 2.90. The maximum Gasteiger partial charge on any atom is 0.150 e. The first-order chi connectivity index (χ1) is 4.86. The van der Waals surface area contributed by atoms with Gasteiger partial charge in [0.25, 0.3) is 0 Å². The van der Waals surface area contributed by atoms with E-state index in [1.807, 2.05) is 12.1 Å². The van der Waals surface area contributed by atoms with Gasteiger partial charge < -0.3 is 0 Å². The smallest absolute Gasteiger partial charge is 0.150 e. The molecule has 0 aliphatic rings. The first-order valence-electron chi connectivity index (χ1n) is 3.11. The van der Waals surface area contributed by atoms with Crippen molar-refractivity contribution in [1.29, 1.82) is 0 Å². The van der Waals surface area contributed by atoms with Crippen molar-refractivity contribution in [2.75, 3.05) is 0 Å². The van der Waals surface area contributed by atoms with E-state index in [1.54, 1.807) is 12.1 Å². The molecule has 0 atom stereocenters. The van der Waals surface area contributed by atoms with Crippen molar-refractivity contribution >= 4 is 14.1 Å². The molecule has 0 spiro atoms. The molecular weight excluding hydrogens is 123 g/mol. The lowest BCUT2D eigenvalue weighted by Crippen LogP contribution is -1.84. The van der Waals surface area contributed by atoms with Crippen LogP contribution in [-0.2, 0) is 6.32 Å². The van der Waals surface area contributed by atoms with Gasteiger partial charge in [-0.2, -0.15) is 0 Å². The average molecular weight is 130 g/mol. The molecular formula is C8H7BO. The maximum atomic E-state index is 10.2. The van der Waals surface area contributed by atoms with Crippen molar-refractivity contribution in [3.63, 3.8) is 0 Å². The van der Waals surface area contributed by atoms with Gasteiger partial charge in [-0.15, -0.1) is 0 Å². The molecule has 2 radical (unpaired) electrons. The predicted molar refractivity (Wildman–Crippen MR) is 41.3 cm³/mol.